The lowest BCUT2D eigenvalue weighted by Crippen LogP contribution is -2.11. The van der Waals surface area contributed by atoms with Crippen molar-refractivity contribution in [2.75, 3.05) is 17.8 Å². The molecule has 2 rings (SSSR count). The number of amides is 1. The molecule has 0 fully saturated rings. The second kappa shape index (κ2) is 9.73. The molecule has 0 radical (unpaired) electrons. The van der Waals surface area contributed by atoms with Gasteiger partial charge in [-0.3, -0.25) is 9.59 Å². The van der Waals surface area contributed by atoms with Crippen molar-refractivity contribution in [1.29, 1.82) is 0 Å². The molecule has 0 atom stereocenters. The molecule has 0 aromatic heterocycles. The first-order chi connectivity index (χ1) is 10.7. The number of alkyl halides is 1. The number of carbonyl (C=O) groups excluding carboxylic acids is 2. The Labute approximate surface area is 138 Å². The molecule has 0 unspecified atom stereocenters. The molecule has 1 N–H and O–H groups in total. The Morgan fingerprint density at radius 1 is 1.09 bits per heavy atom. The minimum atomic E-state index is -0.202. The van der Waals surface area contributed by atoms with Crippen molar-refractivity contribution in [3.63, 3.8) is 0 Å². The van der Waals surface area contributed by atoms with Gasteiger partial charge in [-0.25, -0.2) is 0 Å². The molecule has 4 nitrogen and oxygen atoms in total. The Morgan fingerprint density at radius 3 is 2.18 bits per heavy atom. The predicted octanol–water partition coefficient (Wildman–Crippen LogP) is 4.16. The molecule has 116 valence electrons. The zero-order valence-corrected chi connectivity index (χ0v) is 14.1. The summed E-state index contributed by atoms with van der Waals surface area (Å²) in [6.45, 7) is 2.50. The van der Waals surface area contributed by atoms with Crippen LogP contribution in [0.2, 0.25) is 0 Å². The molecule has 0 saturated heterocycles. The summed E-state index contributed by atoms with van der Waals surface area (Å²) in [4.78, 5) is 22.6. The summed E-state index contributed by atoms with van der Waals surface area (Å²) in [5, 5.41) is 2.77. The van der Waals surface area contributed by atoms with E-state index in [0.717, 1.165) is 12.0 Å². The Balaban J connectivity index is 0.00000116. The van der Waals surface area contributed by atoms with Crippen molar-refractivity contribution >= 4 is 33.8 Å². The topological polar surface area (TPSA) is 55.4 Å². The number of carbonyl (C=O) groups is 2. The number of hydrogen-bond acceptors (Lipinski definition) is 3. The van der Waals surface area contributed by atoms with Gasteiger partial charge in [0.05, 0.1) is 6.61 Å². The molecule has 0 spiro atoms. The lowest BCUT2D eigenvalue weighted by molar-refractivity contribution is 0.102. The van der Waals surface area contributed by atoms with Gasteiger partial charge in [0, 0.05) is 16.8 Å². The molecular weight excluding hydrogens is 346 g/mol. The van der Waals surface area contributed by atoms with Crippen molar-refractivity contribution in [1.82, 2.24) is 0 Å². The average Bonchev–Trinajstić information content (AvgIpc) is 2.58. The molecular formula is C17H18BrNO3. The second-order valence-corrected chi connectivity index (χ2v) is 4.15. The fourth-order valence-corrected chi connectivity index (χ4v) is 1.72. The van der Waals surface area contributed by atoms with Crippen molar-refractivity contribution in [3.05, 3.63) is 59.7 Å². The minimum Gasteiger partial charge on any atom is -0.494 e. The van der Waals surface area contributed by atoms with Crippen LogP contribution in [0.1, 0.15) is 27.6 Å². The van der Waals surface area contributed by atoms with Crippen LogP contribution in [0.25, 0.3) is 0 Å². The molecule has 0 bridgehead atoms. The normalized spacial score (nSPS) is 9.23. The van der Waals surface area contributed by atoms with Crippen LogP contribution in [0, 0.1) is 0 Å². The molecule has 0 heterocycles. The van der Waals surface area contributed by atoms with E-state index in [1.54, 1.807) is 48.5 Å². The number of anilines is 1. The largest absolute Gasteiger partial charge is 0.494 e. The summed E-state index contributed by atoms with van der Waals surface area (Å²) in [5.74, 6) is 2.35. The highest BCUT2D eigenvalue weighted by molar-refractivity contribution is 9.08. The molecule has 1 amide bonds. The number of nitrogens with one attached hydrogen (secondary N) is 1. The van der Waals surface area contributed by atoms with Crippen LogP contribution < -0.4 is 10.1 Å². The third kappa shape index (κ3) is 5.33. The summed E-state index contributed by atoms with van der Waals surface area (Å²) >= 11 is 2.94. The van der Waals surface area contributed by atoms with Crippen molar-refractivity contribution < 1.29 is 14.3 Å². The summed E-state index contributed by atoms with van der Waals surface area (Å²) in [6.07, 6.45) is 0.762. The van der Waals surface area contributed by atoms with Crippen molar-refractivity contribution in [3.8, 4) is 5.75 Å². The Kier molecular flexibility index (Phi) is 7.92. The van der Waals surface area contributed by atoms with E-state index in [-0.39, 0.29) is 5.91 Å². The van der Waals surface area contributed by atoms with Gasteiger partial charge in [0.1, 0.15) is 12.0 Å². The SMILES string of the molecule is CBr.CCOc1ccc(C(=O)Nc2ccc(C=O)cc2)cc1. The predicted molar refractivity (Wildman–Crippen MR) is 92.2 cm³/mol. The molecule has 2 aromatic carbocycles. The van der Waals surface area contributed by atoms with Crippen molar-refractivity contribution in [2.45, 2.75) is 6.92 Å². The quantitative estimate of drug-likeness (QED) is 0.640. The first-order valence-corrected chi connectivity index (χ1v) is 8.29. The van der Waals surface area contributed by atoms with Gasteiger partial charge in [0.25, 0.3) is 5.91 Å². The highest BCUT2D eigenvalue weighted by Gasteiger charge is 2.06. The van der Waals surface area contributed by atoms with Gasteiger partial charge in [-0.15, -0.1) is 0 Å². The van der Waals surface area contributed by atoms with Gasteiger partial charge in [-0.1, -0.05) is 15.9 Å². The van der Waals surface area contributed by atoms with Gasteiger partial charge in [0.15, 0.2) is 0 Å². The Hall–Kier alpha value is -2.14. The van der Waals surface area contributed by atoms with Crippen LogP contribution in [0.4, 0.5) is 5.69 Å². The smallest absolute Gasteiger partial charge is 0.255 e. The van der Waals surface area contributed by atoms with Gasteiger partial charge in [-0.05, 0) is 61.3 Å². The van der Waals surface area contributed by atoms with E-state index < -0.39 is 0 Å². The maximum atomic E-state index is 12.0. The zero-order chi connectivity index (χ0) is 16.4. The highest BCUT2D eigenvalue weighted by atomic mass is 79.9. The van der Waals surface area contributed by atoms with Gasteiger partial charge in [0.2, 0.25) is 0 Å². The van der Waals surface area contributed by atoms with E-state index in [2.05, 4.69) is 21.2 Å². The van der Waals surface area contributed by atoms with E-state index >= 15 is 0 Å². The summed E-state index contributed by atoms with van der Waals surface area (Å²) in [6, 6.07) is 13.6. The Bertz CT molecular complexity index is 594. The van der Waals surface area contributed by atoms with E-state index in [0.29, 0.717) is 23.4 Å². The first-order valence-electron chi connectivity index (χ1n) is 6.70. The highest BCUT2D eigenvalue weighted by Crippen LogP contribution is 2.14. The third-order valence-corrected chi connectivity index (χ3v) is 2.73. The fraction of sp³-hybridized carbons (Fsp3) is 0.176. The van der Waals surface area contributed by atoms with E-state index in [1.165, 1.54) is 0 Å². The van der Waals surface area contributed by atoms with Crippen LogP contribution in [-0.2, 0) is 0 Å². The lowest BCUT2D eigenvalue weighted by atomic mass is 10.2. The fourth-order valence-electron chi connectivity index (χ4n) is 1.72. The minimum absolute atomic E-state index is 0.202. The summed E-state index contributed by atoms with van der Waals surface area (Å²) < 4.78 is 5.32. The van der Waals surface area contributed by atoms with Crippen LogP contribution in [-0.4, -0.2) is 24.6 Å². The lowest BCUT2D eigenvalue weighted by Gasteiger charge is -2.07. The van der Waals surface area contributed by atoms with Crippen LogP contribution >= 0.6 is 15.9 Å². The van der Waals surface area contributed by atoms with E-state index in [9.17, 15) is 9.59 Å². The molecule has 2 aromatic rings. The van der Waals surface area contributed by atoms with Crippen LogP contribution in [0.15, 0.2) is 48.5 Å². The number of halogens is 1. The van der Waals surface area contributed by atoms with E-state index in [4.69, 9.17) is 4.74 Å². The molecule has 0 aliphatic carbocycles. The van der Waals surface area contributed by atoms with Crippen LogP contribution in [0.5, 0.6) is 5.75 Å². The summed E-state index contributed by atoms with van der Waals surface area (Å²) in [7, 11) is 0. The number of rotatable bonds is 5. The number of hydrogen-bond donors (Lipinski definition) is 1. The van der Waals surface area contributed by atoms with Gasteiger partial charge >= 0.3 is 0 Å². The zero-order valence-electron chi connectivity index (χ0n) is 12.5. The molecule has 0 aliphatic rings. The maximum Gasteiger partial charge on any atom is 0.255 e. The molecule has 5 heteroatoms. The van der Waals surface area contributed by atoms with Crippen molar-refractivity contribution in [2.24, 2.45) is 0 Å². The maximum absolute atomic E-state index is 12.0. The van der Waals surface area contributed by atoms with E-state index in [1.807, 2.05) is 12.8 Å². The Morgan fingerprint density at radius 2 is 1.68 bits per heavy atom. The monoisotopic (exact) mass is 363 g/mol. The number of aldehydes is 1. The second-order valence-electron chi connectivity index (χ2n) is 4.15. The standard InChI is InChI=1S/C16H15NO3.CH3Br/c1-2-20-15-9-5-13(6-10-15)16(19)17-14-7-3-12(11-18)4-8-14;1-2/h3-11H,2H2,1H3,(H,17,19);1H3. The number of ether oxygens (including phenoxy) is 1. The first kappa shape index (κ1) is 17.9. The summed E-state index contributed by atoms with van der Waals surface area (Å²) in [5.41, 5.74) is 1.77. The number of benzene rings is 2. The van der Waals surface area contributed by atoms with Gasteiger partial charge < -0.3 is 10.1 Å². The molecule has 0 aliphatic heterocycles. The average molecular weight is 364 g/mol. The van der Waals surface area contributed by atoms with Gasteiger partial charge in [-0.2, -0.15) is 0 Å². The van der Waals surface area contributed by atoms with Crippen LogP contribution in [0.3, 0.4) is 0 Å². The molecule has 22 heavy (non-hydrogen) atoms. The third-order valence-electron chi connectivity index (χ3n) is 2.73. The molecule has 0 saturated carbocycles.